The molecule has 0 spiro atoms. The van der Waals surface area contributed by atoms with E-state index in [9.17, 15) is 24.8 Å². The summed E-state index contributed by atoms with van der Waals surface area (Å²) in [7, 11) is 0. The maximum atomic E-state index is 13.5. The number of nitro benzene ring substituents is 1. The molecule has 1 fully saturated rings. The Morgan fingerprint density at radius 1 is 1.24 bits per heavy atom. The molecule has 2 aromatic rings. The van der Waals surface area contributed by atoms with E-state index in [0.29, 0.717) is 25.1 Å². The van der Waals surface area contributed by atoms with Crippen LogP contribution in [0.5, 0.6) is 0 Å². The molecule has 2 aliphatic rings. The van der Waals surface area contributed by atoms with Crippen molar-refractivity contribution in [2.24, 2.45) is 5.92 Å². The molecule has 2 aromatic carbocycles. The molecule has 0 radical (unpaired) electrons. The molecule has 1 saturated heterocycles. The average molecular weight is 451 g/mol. The molecule has 33 heavy (non-hydrogen) atoms. The number of carbonyl (C=O) groups is 2. The van der Waals surface area contributed by atoms with E-state index in [1.54, 1.807) is 30.0 Å². The second-order valence-corrected chi connectivity index (χ2v) is 8.31. The van der Waals surface area contributed by atoms with E-state index in [1.807, 2.05) is 18.2 Å². The molecule has 0 saturated carbocycles. The summed E-state index contributed by atoms with van der Waals surface area (Å²) in [5.41, 5.74) is -0.116. The molecule has 2 amide bonds. The molecule has 0 aromatic heterocycles. The number of nitrogens with zero attached hydrogens (tertiary/aromatic N) is 3. The summed E-state index contributed by atoms with van der Waals surface area (Å²) in [5.74, 6) is -1.23. The Balaban J connectivity index is 1.72. The summed E-state index contributed by atoms with van der Waals surface area (Å²) in [4.78, 5) is 39.2. The van der Waals surface area contributed by atoms with Crippen molar-refractivity contribution in [2.75, 3.05) is 23.0 Å². The lowest BCUT2D eigenvalue weighted by atomic mass is 9.82. The maximum absolute atomic E-state index is 13.5. The fraction of sp³-hybridized carbons (Fsp3) is 0.333. The summed E-state index contributed by atoms with van der Waals surface area (Å²) < 4.78 is 0. The zero-order valence-corrected chi connectivity index (χ0v) is 18.2. The lowest BCUT2D eigenvalue weighted by Crippen LogP contribution is -2.44. The van der Waals surface area contributed by atoms with Gasteiger partial charge in [0, 0.05) is 48.9 Å². The summed E-state index contributed by atoms with van der Waals surface area (Å²) in [6.45, 7) is 2.37. The van der Waals surface area contributed by atoms with Crippen LogP contribution in [0.15, 0.2) is 54.6 Å². The summed E-state index contributed by atoms with van der Waals surface area (Å²) in [6, 6.07) is 11.3. The summed E-state index contributed by atoms with van der Waals surface area (Å²) >= 11 is 0. The molecule has 2 aliphatic heterocycles. The highest BCUT2D eigenvalue weighted by Gasteiger charge is 2.53. The van der Waals surface area contributed by atoms with Crippen molar-refractivity contribution in [3.63, 3.8) is 0 Å². The van der Waals surface area contributed by atoms with Gasteiger partial charge in [-0.1, -0.05) is 31.2 Å². The third-order valence-electron chi connectivity index (χ3n) is 6.26. The Labute approximate surface area is 190 Å². The molecular formula is C24H25N3O6. The first-order chi connectivity index (χ1) is 15.8. The van der Waals surface area contributed by atoms with Gasteiger partial charge in [-0.15, -0.1) is 0 Å². The molecule has 2 atom stereocenters. The SMILES string of the molecule is C[C@H](/C=C/CCO)[C@@]1(O)C(=O)N(Cc2cccc(N3CCC3=O)c2)c2ccc([N+](=O)[O-])cc21. The topological polar surface area (TPSA) is 124 Å². The van der Waals surface area contributed by atoms with E-state index in [4.69, 9.17) is 5.11 Å². The number of rotatable bonds is 8. The smallest absolute Gasteiger partial charge is 0.269 e. The fourth-order valence-electron chi connectivity index (χ4n) is 4.31. The third kappa shape index (κ3) is 3.90. The minimum atomic E-state index is -1.99. The first-order valence-electron chi connectivity index (χ1n) is 10.8. The van der Waals surface area contributed by atoms with Gasteiger partial charge in [-0.25, -0.2) is 0 Å². The standard InChI is InChI=1S/C24H25N3O6/c1-16(5-2-3-12-28)24(31)20-14-19(27(32)33)8-9-21(20)26(23(24)30)15-17-6-4-7-18(13-17)25-11-10-22(25)29/h2,4-9,13-14,16,28,31H,3,10-12,15H2,1H3/b5-2+/t16-,24+/m1/s1. The molecule has 0 aliphatic carbocycles. The molecule has 9 heteroatoms. The zero-order valence-electron chi connectivity index (χ0n) is 18.2. The van der Waals surface area contributed by atoms with Crippen LogP contribution in [0.25, 0.3) is 0 Å². The number of benzene rings is 2. The van der Waals surface area contributed by atoms with Crippen molar-refractivity contribution in [3.8, 4) is 0 Å². The van der Waals surface area contributed by atoms with Crippen LogP contribution in [-0.2, 0) is 21.7 Å². The Morgan fingerprint density at radius 2 is 2.03 bits per heavy atom. The molecule has 0 bridgehead atoms. The van der Waals surface area contributed by atoms with Gasteiger partial charge in [-0.2, -0.15) is 0 Å². The fourth-order valence-corrected chi connectivity index (χ4v) is 4.31. The monoisotopic (exact) mass is 451 g/mol. The van der Waals surface area contributed by atoms with E-state index in [0.717, 1.165) is 11.3 Å². The molecule has 9 nitrogen and oxygen atoms in total. The number of anilines is 2. The van der Waals surface area contributed by atoms with Crippen molar-refractivity contribution in [3.05, 3.63) is 75.9 Å². The highest BCUT2D eigenvalue weighted by Crippen LogP contribution is 2.47. The number of hydrogen-bond donors (Lipinski definition) is 2. The van der Waals surface area contributed by atoms with Gasteiger partial charge in [0.1, 0.15) is 0 Å². The Morgan fingerprint density at radius 3 is 2.67 bits per heavy atom. The predicted molar refractivity (Wildman–Crippen MR) is 122 cm³/mol. The van der Waals surface area contributed by atoms with Crippen molar-refractivity contribution in [1.82, 2.24) is 0 Å². The van der Waals surface area contributed by atoms with Crippen LogP contribution in [0.1, 0.15) is 30.9 Å². The van der Waals surface area contributed by atoms with Crippen LogP contribution in [0, 0.1) is 16.0 Å². The van der Waals surface area contributed by atoms with Gasteiger partial charge in [0.25, 0.3) is 11.6 Å². The van der Waals surface area contributed by atoms with Gasteiger partial charge in [-0.05, 0) is 30.2 Å². The molecular weight excluding hydrogens is 426 g/mol. The first-order valence-corrected chi connectivity index (χ1v) is 10.8. The molecule has 172 valence electrons. The van der Waals surface area contributed by atoms with E-state index in [2.05, 4.69) is 0 Å². The number of nitro groups is 1. The van der Waals surface area contributed by atoms with Gasteiger partial charge in [0.05, 0.1) is 17.2 Å². The van der Waals surface area contributed by atoms with Gasteiger partial charge in [0.15, 0.2) is 5.60 Å². The van der Waals surface area contributed by atoms with Crippen molar-refractivity contribution >= 4 is 28.9 Å². The van der Waals surface area contributed by atoms with Crippen LogP contribution in [-0.4, -0.2) is 40.1 Å². The maximum Gasteiger partial charge on any atom is 0.269 e. The predicted octanol–water partition coefficient (Wildman–Crippen LogP) is 2.64. The second kappa shape index (κ2) is 8.76. The largest absolute Gasteiger partial charge is 0.396 e. The van der Waals surface area contributed by atoms with Gasteiger partial charge in [0.2, 0.25) is 5.91 Å². The molecule has 4 rings (SSSR count). The van der Waals surface area contributed by atoms with Crippen molar-refractivity contribution in [2.45, 2.75) is 31.9 Å². The lowest BCUT2D eigenvalue weighted by Gasteiger charge is -2.31. The number of amides is 2. The van der Waals surface area contributed by atoms with Crippen molar-refractivity contribution in [1.29, 1.82) is 0 Å². The quantitative estimate of drug-likeness (QED) is 0.275. The number of aliphatic hydroxyl groups is 2. The van der Waals surface area contributed by atoms with Crippen LogP contribution < -0.4 is 9.80 Å². The van der Waals surface area contributed by atoms with Crippen LogP contribution in [0.3, 0.4) is 0 Å². The summed E-state index contributed by atoms with van der Waals surface area (Å²) in [5, 5.41) is 32.0. The van der Waals surface area contributed by atoms with Crippen LogP contribution in [0.2, 0.25) is 0 Å². The number of carbonyl (C=O) groups excluding carboxylic acids is 2. The van der Waals surface area contributed by atoms with Gasteiger partial charge < -0.3 is 20.0 Å². The Hall–Kier alpha value is -3.56. The van der Waals surface area contributed by atoms with Crippen LogP contribution in [0.4, 0.5) is 17.1 Å². The van der Waals surface area contributed by atoms with Crippen LogP contribution >= 0.6 is 0 Å². The lowest BCUT2D eigenvalue weighted by molar-refractivity contribution is -0.385. The second-order valence-electron chi connectivity index (χ2n) is 8.31. The van der Waals surface area contributed by atoms with E-state index < -0.39 is 22.3 Å². The first kappa shape index (κ1) is 22.6. The minimum Gasteiger partial charge on any atom is -0.396 e. The third-order valence-corrected chi connectivity index (χ3v) is 6.26. The Kier molecular flexibility index (Phi) is 6.01. The van der Waals surface area contributed by atoms with Gasteiger partial charge >= 0.3 is 0 Å². The minimum absolute atomic E-state index is 0.0416. The van der Waals surface area contributed by atoms with E-state index in [-0.39, 0.29) is 30.3 Å². The number of hydrogen-bond acceptors (Lipinski definition) is 6. The zero-order chi connectivity index (χ0) is 23.8. The highest BCUT2D eigenvalue weighted by molar-refractivity contribution is 6.07. The molecule has 2 heterocycles. The van der Waals surface area contributed by atoms with Crippen molar-refractivity contribution < 1.29 is 24.7 Å². The number of aliphatic hydroxyl groups excluding tert-OH is 1. The Bertz CT molecular complexity index is 1150. The normalized spacial score (nSPS) is 20.8. The number of β-lactam (4-membered cyclic amide) rings is 1. The number of non-ortho nitro benzene ring substituents is 1. The summed E-state index contributed by atoms with van der Waals surface area (Å²) in [6.07, 6.45) is 4.18. The highest BCUT2D eigenvalue weighted by atomic mass is 16.6. The number of fused-ring (bicyclic) bond motifs is 1. The average Bonchev–Trinajstić information content (AvgIpc) is 3.00. The van der Waals surface area contributed by atoms with Gasteiger partial charge in [-0.3, -0.25) is 19.7 Å². The molecule has 2 N–H and O–H groups in total. The molecule has 0 unspecified atom stereocenters. The van der Waals surface area contributed by atoms with E-state index >= 15 is 0 Å². The van der Waals surface area contributed by atoms with E-state index in [1.165, 1.54) is 23.1 Å².